The fourth-order valence-corrected chi connectivity index (χ4v) is 1.93. The van der Waals surface area contributed by atoms with Crippen molar-refractivity contribution in [1.29, 1.82) is 0 Å². The largest absolute Gasteiger partial charge is 0.460 e. The highest BCUT2D eigenvalue weighted by Crippen LogP contribution is 2.08. The van der Waals surface area contributed by atoms with Gasteiger partial charge in [-0.3, -0.25) is 9.59 Å². The zero-order chi connectivity index (χ0) is 14.9. The van der Waals surface area contributed by atoms with Crippen molar-refractivity contribution in [2.45, 2.75) is 46.3 Å². The van der Waals surface area contributed by atoms with Crippen LogP contribution in [-0.2, 0) is 16.1 Å². The zero-order valence-electron chi connectivity index (χ0n) is 12.2. The van der Waals surface area contributed by atoms with Crippen LogP contribution in [0.4, 0.5) is 0 Å². The molecule has 0 N–H and O–H groups in total. The van der Waals surface area contributed by atoms with Crippen LogP contribution >= 0.6 is 0 Å². The first-order valence-electron chi connectivity index (χ1n) is 6.53. The topological polar surface area (TPSA) is 65.6 Å². The number of hydrogen-bond donors (Lipinski definition) is 0. The maximum absolute atomic E-state index is 12.2. The Kier molecular flexibility index (Phi) is 3.65. The lowest BCUT2D eigenvalue weighted by Crippen LogP contribution is -2.27. The normalized spacial score (nSPS) is 11.8. The quantitative estimate of drug-likeness (QED) is 0.798. The Morgan fingerprint density at radius 2 is 2.05 bits per heavy atom. The van der Waals surface area contributed by atoms with E-state index in [-0.39, 0.29) is 17.9 Å². The molecule has 20 heavy (non-hydrogen) atoms. The van der Waals surface area contributed by atoms with Gasteiger partial charge in [-0.15, -0.1) is 0 Å². The molecular weight excluding hydrogens is 258 g/mol. The minimum atomic E-state index is -0.505. The number of carbonyl (C=O) groups excluding carboxylic acids is 1. The van der Waals surface area contributed by atoms with E-state index in [4.69, 9.17) is 4.74 Å². The Bertz CT molecular complexity index is 692. The van der Waals surface area contributed by atoms with Gasteiger partial charge in [0.25, 0.3) is 5.56 Å². The van der Waals surface area contributed by atoms with Crippen LogP contribution in [0.2, 0.25) is 0 Å². The summed E-state index contributed by atoms with van der Waals surface area (Å²) in [6.07, 6.45) is 3.51. The average Bonchev–Trinajstić information content (AvgIpc) is 2.67. The van der Waals surface area contributed by atoms with Gasteiger partial charge in [-0.05, 0) is 33.8 Å². The summed E-state index contributed by atoms with van der Waals surface area (Å²) in [5, 5.41) is 4.17. The summed E-state index contributed by atoms with van der Waals surface area (Å²) in [6, 6.07) is 1.73. The van der Waals surface area contributed by atoms with Crippen LogP contribution in [-0.4, -0.2) is 25.8 Å². The number of rotatable bonds is 3. The molecular formula is C14H19N3O3. The number of nitrogens with zero attached hydrogens (tertiary/aromatic N) is 3. The van der Waals surface area contributed by atoms with Gasteiger partial charge in [0, 0.05) is 18.9 Å². The Morgan fingerprint density at radius 1 is 1.35 bits per heavy atom. The molecule has 0 atom stereocenters. The molecule has 0 fully saturated rings. The fraction of sp³-hybridized carbons (Fsp3) is 0.500. The van der Waals surface area contributed by atoms with Gasteiger partial charge in [0.2, 0.25) is 0 Å². The highest BCUT2D eigenvalue weighted by Gasteiger charge is 2.16. The predicted molar refractivity (Wildman–Crippen MR) is 74.7 cm³/mol. The molecule has 0 amide bonds. The number of ether oxygens (including phenoxy) is 1. The van der Waals surface area contributed by atoms with Crippen LogP contribution in [0.25, 0.3) is 5.52 Å². The predicted octanol–water partition coefficient (Wildman–Crippen LogP) is 1.54. The number of aromatic nitrogens is 3. The van der Waals surface area contributed by atoms with E-state index in [1.54, 1.807) is 23.0 Å². The monoisotopic (exact) mass is 277 g/mol. The lowest BCUT2D eigenvalue weighted by atomic mass is 10.2. The van der Waals surface area contributed by atoms with Gasteiger partial charge in [0.05, 0.1) is 12.1 Å². The number of aryl methyl sites for hydroxylation is 2. The van der Waals surface area contributed by atoms with E-state index in [1.165, 1.54) is 4.57 Å². The van der Waals surface area contributed by atoms with E-state index in [0.29, 0.717) is 12.1 Å². The molecule has 108 valence electrons. The molecule has 0 aliphatic rings. The van der Waals surface area contributed by atoms with Crippen LogP contribution in [0.3, 0.4) is 0 Å². The van der Waals surface area contributed by atoms with Crippen molar-refractivity contribution >= 4 is 11.5 Å². The molecule has 6 heteroatoms. The Labute approximate surface area is 117 Å². The van der Waals surface area contributed by atoms with Crippen LogP contribution < -0.4 is 5.56 Å². The lowest BCUT2D eigenvalue weighted by Gasteiger charge is -2.19. The van der Waals surface area contributed by atoms with Crippen LogP contribution in [0.5, 0.6) is 0 Å². The SMILES string of the molecule is Cc1cc2c(=O)n(CCC(=O)OC(C)(C)C)ccn2n1. The lowest BCUT2D eigenvalue weighted by molar-refractivity contribution is -0.155. The molecule has 2 aromatic rings. The van der Waals surface area contributed by atoms with Gasteiger partial charge in [-0.25, -0.2) is 4.52 Å². The third-order valence-electron chi connectivity index (χ3n) is 2.70. The molecule has 0 aliphatic heterocycles. The van der Waals surface area contributed by atoms with Crippen molar-refractivity contribution in [3.63, 3.8) is 0 Å². The van der Waals surface area contributed by atoms with Crippen molar-refractivity contribution in [2.24, 2.45) is 0 Å². The van der Waals surface area contributed by atoms with Crippen molar-refractivity contribution in [1.82, 2.24) is 14.2 Å². The molecule has 0 saturated carbocycles. The first-order chi connectivity index (χ1) is 9.26. The van der Waals surface area contributed by atoms with Gasteiger partial charge in [-0.1, -0.05) is 0 Å². The molecule has 0 aromatic carbocycles. The van der Waals surface area contributed by atoms with Gasteiger partial charge < -0.3 is 9.30 Å². The minimum Gasteiger partial charge on any atom is -0.460 e. The van der Waals surface area contributed by atoms with Gasteiger partial charge in [0.1, 0.15) is 11.1 Å². The van der Waals surface area contributed by atoms with E-state index >= 15 is 0 Å². The van der Waals surface area contributed by atoms with E-state index in [9.17, 15) is 9.59 Å². The maximum atomic E-state index is 12.2. The van der Waals surface area contributed by atoms with Gasteiger partial charge in [-0.2, -0.15) is 5.10 Å². The van der Waals surface area contributed by atoms with Crippen molar-refractivity contribution in [3.8, 4) is 0 Å². The highest BCUT2D eigenvalue weighted by molar-refractivity contribution is 5.69. The first-order valence-corrected chi connectivity index (χ1v) is 6.53. The second-order valence-electron chi connectivity index (χ2n) is 5.75. The first kappa shape index (κ1) is 14.3. The zero-order valence-corrected chi connectivity index (χ0v) is 12.2. The molecule has 2 rings (SSSR count). The summed E-state index contributed by atoms with van der Waals surface area (Å²) < 4.78 is 8.26. The molecule has 0 spiro atoms. The van der Waals surface area contributed by atoms with E-state index in [1.807, 2.05) is 27.7 Å². The number of fused-ring (bicyclic) bond motifs is 1. The Morgan fingerprint density at radius 3 is 2.70 bits per heavy atom. The second kappa shape index (κ2) is 5.11. The smallest absolute Gasteiger partial charge is 0.308 e. The molecule has 0 radical (unpaired) electrons. The third-order valence-corrected chi connectivity index (χ3v) is 2.70. The number of hydrogen-bond acceptors (Lipinski definition) is 4. The van der Waals surface area contributed by atoms with E-state index in [0.717, 1.165) is 5.69 Å². The van der Waals surface area contributed by atoms with Crippen molar-refractivity contribution < 1.29 is 9.53 Å². The van der Waals surface area contributed by atoms with Gasteiger partial charge in [0.15, 0.2) is 0 Å². The summed E-state index contributed by atoms with van der Waals surface area (Å²) in [5.74, 6) is -0.311. The summed E-state index contributed by atoms with van der Waals surface area (Å²) in [7, 11) is 0. The summed E-state index contributed by atoms with van der Waals surface area (Å²) in [4.78, 5) is 23.8. The second-order valence-corrected chi connectivity index (χ2v) is 5.75. The van der Waals surface area contributed by atoms with Crippen molar-refractivity contribution in [3.05, 3.63) is 34.5 Å². The molecule has 0 aliphatic carbocycles. The Balaban J connectivity index is 2.13. The maximum Gasteiger partial charge on any atom is 0.308 e. The van der Waals surface area contributed by atoms with E-state index < -0.39 is 5.60 Å². The molecule has 2 aromatic heterocycles. The number of carbonyl (C=O) groups is 1. The van der Waals surface area contributed by atoms with Gasteiger partial charge >= 0.3 is 5.97 Å². The number of esters is 1. The van der Waals surface area contributed by atoms with Crippen LogP contribution in [0, 0.1) is 6.92 Å². The third kappa shape index (κ3) is 3.26. The molecule has 0 saturated heterocycles. The minimum absolute atomic E-state index is 0.156. The molecule has 0 unspecified atom stereocenters. The molecule has 6 nitrogen and oxygen atoms in total. The Hall–Kier alpha value is -2.11. The van der Waals surface area contributed by atoms with Crippen LogP contribution in [0.1, 0.15) is 32.9 Å². The molecule has 0 bridgehead atoms. The highest BCUT2D eigenvalue weighted by atomic mass is 16.6. The molecule has 2 heterocycles. The van der Waals surface area contributed by atoms with Crippen LogP contribution in [0.15, 0.2) is 23.3 Å². The van der Waals surface area contributed by atoms with E-state index in [2.05, 4.69) is 5.10 Å². The van der Waals surface area contributed by atoms with Crippen molar-refractivity contribution in [2.75, 3.05) is 0 Å². The fourth-order valence-electron chi connectivity index (χ4n) is 1.93. The standard InChI is InChI=1S/C14H19N3O3/c1-10-9-11-13(19)16(7-8-17(11)15-10)6-5-12(18)20-14(2,3)4/h7-9H,5-6H2,1-4H3. The summed E-state index contributed by atoms with van der Waals surface area (Å²) >= 11 is 0. The average molecular weight is 277 g/mol. The summed E-state index contributed by atoms with van der Waals surface area (Å²) in [5.41, 5.74) is 0.631. The summed E-state index contributed by atoms with van der Waals surface area (Å²) in [6.45, 7) is 7.58.